The van der Waals surface area contributed by atoms with Gasteiger partial charge in [0, 0.05) is 0 Å². The van der Waals surface area contributed by atoms with Crippen LogP contribution < -0.4 is 0 Å². The summed E-state index contributed by atoms with van der Waals surface area (Å²) < 4.78 is 0. The van der Waals surface area contributed by atoms with Crippen molar-refractivity contribution in [1.82, 2.24) is 0 Å². The fourth-order valence-electron chi connectivity index (χ4n) is 1.25. The number of nitrogens with zero attached hydrogens (tertiary/aromatic N) is 2. The number of benzene rings is 1. The Kier molecular flexibility index (Phi) is 3.06. The van der Waals surface area contributed by atoms with Crippen LogP contribution >= 0.6 is 0 Å². The first kappa shape index (κ1) is 9.29. The van der Waals surface area contributed by atoms with Crippen molar-refractivity contribution in [2.24, 2.45) is 0 Å². The average Bonchev–Trinajstić information content (AvgIpc) is 2.18. The Morgan fingerprint density at radius 1 is 1.23 bits per heavy atom. The van der Waals surface area contributed by atoms with E-state index < -0.39 is 0 Å². The van der Waals surface area contributed by atoms with Crippen molar-refractivity contribution < 1.29 is 0 Å². The molecule has 0 heterocycles. The van der Waals surface area contributed by atoms with Crippen LogP contribution in [-0.2, 0) is 6.42 Å². The molecule has 2 nitrogen and oxygen atoms in total. The smallest absolute Gasteiger partial charge is 0.0994 e. The topological polar surface area (TPSA) is 47.6 Å². The number of aryl methyl sites for hydroxylation is 1. The fraction of sp³-hybridized carbons (Fsp3) is 0.273. The highest BCUT2D eigenvalue weighted by atomic mass is 14.3. The monoisotopic (exact) mass is 170 g/mol. The number of hydrogen-bond acceptors (Lipinski definition) is 2. The van der Waals surface area contributed by atoms with Gasteiger partial charge in [-0.3, -0.25) is 0 Å². The molecule has 1 aromatic rings. The molecule has 0 radical (unpaired) electrons. The van der Waals surface area contributed by atoms with E-state index in [1.807, 2.05) is 0 Å². The molecule has 0 amide bonds. The van der Waals surface area contributed by atoms with E-state index >= 15 is 0 Å². The minimum Gasteiger partial charge on any atom is -0.192 e. The average molecular weight is 170 g/mol. The second-order valence-corrected chi connectivity index (χ2v) is 2.85. The van der Waals surface area contributed by atoms with Gasteiger partial charge in [-0.05, 0) is 30.2 Å². The second kappa shape index (κ2) is 4.28. The van der Waals surface area contributed by atoms with Crippen LogP contribution in [0.2, 0.25) is 0 Å². The zero-order valence-corrected chi connectivity index (χ0v) is 7.54. The Bertz CT molecular complexity index is 380. The van der Waals surface area contributed by atoms with Crippen LogP contribution in [0.1, 0.15) is 30.0 Å². The predicted molar refractivity (Wildman–Crippen MR) is 49.9 cm³/mol. The van der Waals surface area contributed by atoms with Gasteiger partial charge >= 0.3 is 0 Å². The van der Waals surface area contributed by atoms with E-state index in [0.717, 1.165) is 18.4 Å². The lowest BCUT2D eigenvalue weighted by Gasteiger charge is -2.01. The lowest BCUT2D eigenvalue weighted by atomic mass is 10.0. The largest absolute Gasteiger partial charge is 0.192 e. The van der Waals surface area contributed by atoms with E-state index in [-0.39, 0.29) is 0 Å². The molecule has 0 aliphatic heterocycles. The van der Waals surface area contributed by atoms with Crippen LogP contribution in [-0.4, -0.2) is 0 Å². The minimum atomic E-state index is 0.627. The van der Waals surface area contributed by atoms with Crippen LogP contribution in [0.25, 0.3) is 0 Å². The molecule has 0 atom stereocenters. The van der Waals surface area contributed by atoms with E-state index in [9.17, 15) is 0 Å². The van der Waals surface area contributed by atoms with E-state index in [1.165, 1.54) is 0 Å². The van der Waals surface area contributed by atoms with Gasteiger partial charge in [-0.15, -0.1) is 0 Å². The first-order chi connectivity index (χ1) is 6.31. The maximum absolute atomic E-state index is 8.78. The molecule has 0 N–H and O–H groups in total. The van der Waals surface area contributed by atoms with Crippen molar-refractivity contribution in [3.8, 4) is 12.1 Å². The Labute approximate surface area is 78.0 Å². The van der Waals surface area contributed by atoms with Gasteiger partial charge in [0.15, 0.2) is 0 Å². The Balaban J connectivity index is 3.13. The molecule has 0 unspecified atom stereocenters. The highest BCUT2D eigenvalue weighted by Gasteiger charge is 2.01. The Morgan fingerprint density at radius 2 is 2.00 bits per heavy atom. The molecule has 0 spiro atoms. The lowest BCUT2D eigenvalue weighted by Crippen LogP contribution is -1.90. The summed E-state index contributed by atoms with van der Waals surface area (Å²) in [6, 6.07) is 9.37. The first-order valence-corrected chi connectivity index (χ1v) is 4.25. The summed E-state index contributed by atoms with van der Waals surface area (Å²) in [7, 11) is 0. The van der Waals surface area contributed by atoms with Gasteiger partial charge in [-0.2, -0.15) is 10.5 Å². The quantitative estimate of drug-likeness (QED) is 0.684. The Morgan fingerprint density at radius 3 is 2.54 bits per heavy atom. The normalized spacial score (nSPS) is 8.85. The van der Waals surface area contributed by atoms with Gasteiger partial charge in [-0.1, -0.05) is 13.3 Å². The number of rotatable bonds is 2. The number of nitriles is 2. The van der Waals surface area contributed by atoms with E-state index in [2.05, 4.69) is 19.1 Å². The summed E-state index contributed by atoms with van der Waals surface area (Å²) in [5, 5.41) is 17.4. The van der Waals surface area contributed by atoms with Crippen molar-refractivity contribution in [3.63, 3.8) is 0 Å². The molecule has 0 saturated carbocycles. The Hall–Kier alpha value is -1.80. The third kappa shape index (κ3) is 2.07. The first-order valence-electron chi connectivity index (χ1n) is 4.25. The van der Waals surface area contributed by atoms with Gasteiger partial charge in [0.2, 0.25) is 0 Å². The van der Waals surface area contributed by atoms with Crippen LogP contribution in [0.5, 0.6) is 0 Å². The van der Waals surface area contributed by atoms with Gasteiger partial charge in [0.05, 0.1) is 23.3 Å². The van der Waals surface area contributed by atoms with E-state index in [4.69, 9.17) is 10.5 Å². The van der Waals surface area contributed by atoms with E-state index in [0.29, 0.717) is 11.1 Å². The molecule has 2 heteroatoms. The highest BCUT2D eigenvalue weighted by molar-refractivity contribution is 5.44. The maximum atomic E-state index is 8.78. The SMILES string of the molecule is CCCc1cc(C#N)ccc1C#N. The van der Waals surface area contributed by atoms with Crippen molar-refractivity contribution in [3.05, 3.63) is 34.9 Å². The molecule has 0 bridgehead atoms. The summed E-state index contributed by atoms with van der Waals surface area (Å²) in [4.78, 5) is 0. The van der Waals surface area contributed by atoms with Crippen molar-refractivity contribution >= 4 is 0 Å². The third-order valence-electron chi connectivity index (χ3n) is 1.87. The van der Waals surface area contributed by atoms with Crippen LogP contribution in [0.4, 0.5) is 0 Å². The maximum Gasteiger partial charge on any atom is 0.0994 e. The van der Waals surface area contributed by atoms with E-state index in [1.54, 1.807) is 18.2 Å². The molecule has 13 heavy (non-hydrogen) atoms. The summed E-state index contributed by atoms with van der Waals surface area (Å²) >= 11 is 0. The fourth-order valence-corrected chi connectivity index (χ4v) is 1.25. The van der Waals surface area contributed by atoms with Crippen LogP contribution in [0.15, 0.2) is 18.2 Å². The summed E-state index contributed by atoms with van der Waals surface area (Å²) in [5.74, 6) is 0. The van der Waals surface area contributed by atoms with Crippen LogP contribution in [0.3, 0.4) is 0 Å². The van der Waals surface area contributed by atoms with Crippen LogP contribution in [0, 0.1) is 22.7 Å². The molecule has 0 aliphatic rings. The van der Waals surface area contributed by atoms with Gasteiger partial charge < -0.3 is 0 Å². The molecule has 1 aromatic carbocycles. The van der Waals surface area contributed by atoms with Crippen molar-refractivity contribution in [2.75, 3.05) is 0 Å². The molecular formula is C11H10N2. The number of hydrogen-bond donors (Lipinski definition) is 0. The zero-order valence-electron chi connectivity index (χ0n) is 7.54. The summed E-state index contributed by atoms with van der Waals surface area (Å²) in [5.41, 5.74) is 2.28. The third-order valence-corrected chi connectivity index (χ3v) is 1.87. The summed E-state index contributed by atoms with van der Waals surface area (Å²) in [6.45, 7) is 2.06. The molecule has 0 aromatic heterocycles. The minimum absolute atomic E-state index is 0.627. The second-order valence-electron chi connectivity index (χ2n) is 2.85. The van der Waals surface area contributed by atoms with Gasteiger partial charge in [0.1, 0.15) is 0 Å². The van der Waals surface area contributed by atoms with Crippen molar-refractivity contribution in [1.29, 1.82) is 10.5 Å². The van der Waals surface area contributed by atoms with Crippen molar-refractivity contribution in [2.45, 2.75) is 19.8 Å². The summed E-state index contributed by atoms with van der Waals surface area (Å²) in [6.07, 6.45) is 1.85. The molecule has 0 aliphatic carbocycles. The molecular weight excluding hydrogens is 160 g/mol. The zero-order chi connectivity index (χ0) is 9.68. The lowest BCUT2D eigenvalue weighted by molar-refractivity contribution is 0.917. The van der Waals surface area contributed by atoms with Gasteiger partial charge in [0.25, 0.3) is 0 Å². The highest BCUT2D eigenvalue weighted by Crippen LogP contribution is 2.12. The molecule has 64 valence electrons. The standard InChI is InChI=1S/C11H10N2/c1-2-3-10-6-9(7-12)4-5-11(10)8-13/h4-6H,2-3H2,1H3. The van der Waals surface area contributed by atoms with Gasteiger partial charge in [-0.25, -0.2) is 0 Å². The molecule has 0 fully saturated rings. The molecule has 0 saturated heterocycles. The predicted octanol–water partition coefficient (Wildman–Crippen LogP) is 2.38. The molecule has 1 rings (SSSR count).